The minimum atomic E-state index is -3.32. The second kappa shape index (κ2) is 8.42. The first-order valence-electron chi connectivity index (χ1n) is 8.74. The zero-order valence-electron chi connectivity index (χ0n) is 15.0. The number of benzene rings is 3. The molecule has 0 aliphatic rings. The molecule has 0 radical (unpaired) electrons. The van der Waals surface area contributed by atoms with Crippen LogP contribution in [0.5, 0.6) is 0 Å². The fourth-order valence-corrected chi connectivity index (χ4v) is 13.5. The monoisotopic (exact) mass is 554 g/mol. The summed E-state index contributed by atoms with van der Waals surface area (Å²) in [4.78, 5) is 13.1. The topological polar surface area (TPSA) is 26.3 Å². The van der Waals surface area contributed by atoms with Gasteiger partial charge in [-0.05, 0) is 0 Å². The normalized spacial score (nSPS) is 14.0. The van der Waals surface area contributed by atoms with Gasteiger partial charge in [0.2, 0.25) is 0 Å². The Balaban J connectivity index is 2.45. The van der Waals surface area contributed by atoms with Crippen molar-refractivity contribution in [3.8, 4) is 0 Å². The molecular formula is C22H21BrIO2P. The maximum atomic E-state index is 13.1. The molecule has 3 aromatic rings. The van der Waals surface area contributed by atoms with E-state index in [1.54, 1.807) is 0 Å². The number of halogens is 2. The molecule has 0 spiro atoms. The van der Waals surface area contributed by atoms with Gasteiger partial charge in [0.25, 0.3) is 0 Å². The molecule has 0 fully saturated rings. The second-order valence-corrected chi connectivity index (χ2v) is 17.0. The molecule has 0 heterocycles. The van der Waals surface area contributed by atoms with Gasteiger partial charge < -0.3 is 0 Å². The van der Waals surface area contributed by atoms with E-state index in [0.717, 1.165) is 15.9 Å². The molecule has 3 rings (SSSR count). The minimum absolute atomic E-state index is 0.204. The van der Waals surface area contributed by atoms with Crippen molar-refractivity contribution in [1.29, 1.82) is 0 Å². The summed E-state index contributed by atoms with van der Waals surface area (Å²) in [6.07, 6.45) is 0. The molecule has 3 aromatic carbocycles. The Kier molecular flexibility index (Phi) is 6.39. The van der Waals surface area contributed by atoms with Crippen molar-refractivity contribution < 1.29 is 9.53 Å². The molecule has 0 amide bonds. The number of esters is 1. The van der Waals surface area contributed by atoms with Gasteiger partial charge in [-0.25, -0.2) is 0 Å². The third kappa shape index (κ3) is 3.37. The molecule has 0 aliphatic carbocycles. The molecule has 0 aliphatic heterocycles. The van der Waals surface area contributed by atoms with Crippen molar-refractivity contribution in [2.24, 2.45) is 0 Å². The number of rotatable bonds is 6. The molecule has 140 valence electrons. The Morgan fingerprint density at radius 1 is 0.852 bits per heavy atom. The quantitative estimate of drug-likeness (QED) is 0.182. The van der Waals surface area contributed by atoms with Gasteiger partial charge in [-0.1, -0.05) is 0 Å². The molecular weight excluding hydrogens is 534 g/mol. The van der Waals surface area contributed by atoms with Gasteiger partial charge in [0.15, 0.2) is 0 Å². The number of ether oxygens (including phenoxy) is 1. The van der Waals surface area contributed by atoms with Gasteiger partial charge in [0.1, 0.15) is 0 Å². The predicted octanol–water partition coefficient (Wildman–Crippen LogP) is 5.15. The predicted molar refractivity (Wildman–Crippen MR) is 129 cm³/mol. The van der Waals surface area contributed by atoms with Crippen molar-refractivity contribution in [2.45, 2.75) is 10.6 Å². The molecule has 0 N–H and O–H groups in total. The van der Waals surface area contributed by atoms with Crippen LogP contribution in [0.2, 0.25) is 0 Å². The first-order valence-corrected chi connectivity index (χ1v) is 14.3. The van der Waals surface area contributed by atoms with E-state index >= 15 is 0 Å². The van der Waals surface area contributed by atoms with Crippen molar-refractivity contribution in [2.75, 3.05) is 6.61 Å². The van der Waals surface area contributed by atoms with Gasteiger partial charge in [0, 0.05) is 0 Å². The molecule has 1 atom stereocenters. The van der Waals surface area contributed by atoms with Crippen LogP contribution in [0.3, 0.4) is 0 Å². The van der Waals surface area contributed by atoms with Gasteiger partial charge in [0.05, 0.1) is 0 Å². The van der Waals surface area contributed by atoms with E-state index in [1.807, 2.05) is 61.5 Å². The van der Waals surface area contributed by atoms with E-state index in [9.17, 15) is 4.79 Å². The Hall–Kier alpha value is -1.23. The summed E-state index contributed by atoms with van der Waals surface area (Å²) in [6.45, 7) is 2.20. The molecule has 0 bridgehead atoms. The summed E-state index contributed by atoms with van der Waals surface area (Å²) in [5.41, 5.74) is 0. The van der Waals surface area contributed by atoms with E-state index in [-0.39, 0.29) is 5.97 Å². The molecule has 1 unspecified atom stereocenters. The number of hydrogen-bond acceptors (Lipinski definition) is 2. The number of carbonyl (C=O) groups excluding carboxylic acids is 1. The van der Waals surface area contributed by atoms with Crippen LogP contribution in [-0.2, 0) is 9.53 Å². The molecule has 0 saturated heterocycles. The van der Waals surface area contributed by atoms with Crippen LogP contribution in [-0.4, -0.2) is 16.2 Å². The first-order chi connectivity index (χ1) is 13.0. The van der Waals surface area contributed by atoms with E-state index in [0.29, 0.717) is 6.61 Å². The van der Waals surface area contributed by atoms with E-state index in [4.69, 9.17) is 4.74 Å². The Bertz CT molecular complexity index is 804. The summed E-state index contributed by atoms with van der Waals surface area (Å²) in [6, 6.07) is 30.8. The SMILES string of the molecule is CCOC(=O)C(I)P(Br)(c1ccccc1)(c1ccccc1)c1ccccc1. The third-order valence-corrected chi connectivity index (χ3v) is 20.7. The molecule has 5 heteroatoms. The van der Waals surface area contributed by atoms with E-state index in [2.05, 4.69) is 74.5 Å². The summed E-state index contributed by atoms with van der Waals surface area (Å²) < 4.78 is 5.08. The van der Waals surface area contributed by atoms with Crippen LogP contribution in [0.1, 0.15) is 6.92 Å². The average Bonchev–Trinajstić information content (AvgIpc) is 2.75. The van der Waals surface area contributed by atoms with Crippen LogP contribution in [0, 0.1) is 0 Å². The summed E-state index contributed by atoms with van der Waals surface area (Å²) in [5.74, 6) is -0.204. The fourth-order valence-electron chi connectivity index (χ4n) is 3.41. The maximum absolute atomic E-state index is 13.1. The zero-order chi connectivity index (χ0) is 19.4. The van der Waals surface area contributed by atoms with Crippen molar-refractivity contribution in [1.82, 2.24) is 0 Å². The van der Waals surface area contributed by atoms with Crippen LogP contribution in [0.4, 0.5) is 0 Å². The standard InChI is InChI=1S/C22H21BrIO2P/c1-2-26-22(25)21(24)27(23,18-12-6-3-7-13-18,19-14-8-4-9-15-19)20-16-10-5-11-17-20/h3-17,21H,2H2,1H3. The Morgan fingerprint density at radius 3 is 1.48 bits per heavy atom. The molecule has 0 saturated carbocycles. The Morgan fingerprint density at radius 2 is 1.19 bits per heavy atom. The van der Waals surface area contributed by atoms with Gasteiger partial charge in [-0.3, -0.25) is 0 Å². The van der Waals surface area contributed by atoms with Gasteiger partial charge in [-0.15, -0.1) is 0 Å². The fraction of sp³-hybridized carbons (Fsp3) is 0.136. The summed E-state index contributed by atoms with van der Waals surface area (Å²) >= 11 is 6.55. The second-order valence-electron chi connectivity index (χ2n) is 6.17. The molecule has 0 aromatic heterocycles. The van der Waals surface area contributed by atoms with E-state index < -0.39 is 8.97 Å². The van der Waals surface area contributed by atoms with Crippen LogP contribution < -0.4 is 15.9 Å². The first kappa shape index (κ1) is 20.5. The average molecular weight is 555 g/mol. The van der Waals surface area contributed by atoms with Crippen LogP contribution in [0.25, 0.3) is 0 Å². The number of hydrogen-bond donors (Lipinski definition) is 0. The van der Waals surface area contributed by atoms with Crippen molar-refractivity contribution >= 4 is 65.3 Å². The number of carbonyl (C=O) groups is 1. The van der Waals surface area contributed by atoms with Crippen LogP contribution >= 0.6 is 43.4 Å². The van der Waals surface area contributed by atoms with Gasteiger partial charge in [-0.2, -0.15) is 0 Å². The van der Waals surface area contributed by atoms with Crippen molar-refractivity contribution in [3.63, 3.8) is 0 Å². The summed E-state index contributed by atoms with van der Waals surface area (Å²) in [7, 11) is 0. The Labute approximate surface area is 182 Å². The summed E-state index contributed by atoms with van der Waals surface area (Å²) in [5, 5.41) is -0.00577. The van der Waals surface area contributed by atoms with Crippen LogP contribution in [0.15, 0.2) is 91.0 Å². The van der Waals surface area contributed by atoms with Gasteiger partial charge >= 0.3 is 183 Å². The van der Waals surface area contributed by atoms with Crippen molar-refractivity contribution in [3.05, 3.63) is 91.0 Å². The molecule has 27 heavy (non-hydrogen) atoms. The zero-order valence-corrected chi connectivity index (χ0v) is 19.6. The van der Waals surface area contributed by atoms with E-state index in [1.165, 1.54) is 0 Å². The number of alkyl halides is 1. The molecule has 2 nitrogen and oxygen atoms in total. The third-order valence-electron chi connectivity index (χ3n) is 4.69.